The molecule has 7 heteroatoms. The molecule has 0 aliphatic rings. The van der Waals surface area contributed by atoms with Crippen LogP contribution in [0.15, 0.2) is 45.9 Å². The Morgan fingerprint density at radius 3 is 2.74 bits per heavy atom. The zero-order valence-corrected chi connectivity index (χ0v) is 10.8. The van der Waals surface area contributed by atoms with Gasteiger partial charge in [-0.3, -0.25) is 0 Å². The number of nitrogen functional groups attached to an aromatic ring is 1. The number of hydrogen-bond donors (Lipinski definition) is 2. The summed E-state index contributed by atoms with van der Waals surface area (Å²) >= 11 is 0. The predicted octanol–water partition coefficient (Wildman–Crippen LogP) is 1.52. The number of hydrogen-bond acceptors (Lipinski definition) is 4. The fourth-order valence-electron chi connectivity index (χ4n) is 1.52. The first-order valence-electron chi connectivity index (χ1n) is 5.56. The smallest absolute Gasteiger partial charge is 0.240 e. The average molecular weight is 284 g/mol. The third kappa shape index (κ3) is 3.33. The lowest BCUT2D eigenvalue weighted by atomic mass is 10.3. The molecule has 1 heterocycles. The molecule has 1 aromatic heterocycles. The highest BCUT2D eigenvalue weighted by atomic mass is 32.2. The molecule has 5 nitrogen and oxygen atoms in total. The summed E-state index contributed by atoms with van der Waals surface area (Å²) in [5.41, 5.74) is 5.21. The van der Waals surface area contributed by atoms with Crippen molar-refractivity contribution in [2.75, 3.05) is 12.3 Å². The summed E-state index contributed by atoms with van der Waals surface area (Å²) in [5, 5.41) is 0. The van der Waals surface area contributed by atoms with E-state index >= 15 is 0 Å². The van der Waals surface area contributed by atoms with E-state index in [1.807, 2.05) is 0 Å². The highest BCUT2D eigenvalue weighted by molar-refractivity contribution is 7.89. The summed E-state index contributed by atoms with van der Waals surface area (Å²) in [7, 11) is -3.74. The van der Waals surface area contributed by atoms with Crippen LogP contribution in [0.1, 0.15) is 5.76 Å². The van der Waals surface area contributed by atoms with Gasteiger partial charge < -0.3 is 10.2 Å². The predicted molar refractivity (Wildman–Crippen MR) is 68.4 cm³/mol. The van der Waals surface area contributed by atoms with Gasteiger partial charge in [-0.15, -0.1) is 0 Å². The van der Waals surface area contributed by atoms with E-state index in [0.29, 0.717) is 12.2 Å². The number of sulfonamides is 1. The first kappa shape index (κ1) is 13.6. The molecule has 2 aromatic rings. The second kappa shape index (κ2) is 5.41. The van der Waals surface area contributed by atoms with Crippen LogP contribution in [0.4, 0.5) is 10.1 Å². The number of anilines is 1. The summed E-state index contributed by atoms with van der Waals surface area (Å²) in [4.78, 5) is -0.154. The van der Waals surface area contributed by atoms with Gasteiger partial charge in [-0.05, 0) is 30.3 Å². The van der Waals surface area contributed by atoms with Crippen molar-refractivity contribution < 1.29 is 17.2 Å². The molecule has 0 aliphatic carbocycles. The molecule has 102 valence electrons. The molecule has 0 saturated carbocycles. The molecule has 0 atom stereocenters. The third-order valence-corrected chi connectivity index (χ3v) is 3.98. The molecular weight excluding hydrogens is 271 g/mol. The summed E-state index contributed by atoms with van der Waals surface area (Å²) in [6.07, 6.45) is 1.93. The Labute approximate surface area is 110 Å². The summed E-state index contributed by atoms with van der Waals surface area (Å²) in [5.74, 6) is -0.0832. The topological polar surface area (TPSA) is 85.3 Å². The van der Waals surface area contributed by atoms with Crippen LogP contribution in [0.5, 0.6) is 0 Å². The number of rotatable bonds is 5. The maximum atomic E-state index is 13.2. The molecule has 0 amide bonds. The van der Waals surface area contributed by atoms with Crippen LogP contribution in [0, 0.1) is 5.82 Å². The van der Waals surface area contributed by atoms with Gasteiger partial charge >= 0.3 is 0 Å². The van der Waals surface area contributed by atoms with Gasteiger partial charge in [0.15, 0.2) is 0 Å². The molecule has 0 fully saturated rings. The first-order chi connectivity index (χ1) is 8.99. The standard InChI is InChI=1S/C12H13FN2O3S/c13-11-8-10(3-4-12(11)14)19(16,17)15-6-5-9-2-1-7-18-9/h1-4,7-8,15H,5-6,14H2. The SMILES string of the molecule is Nc1ccc(S(=O)(=O)NCCc2ccco2)cc1F. The Kier molecular flexibility index (Phi) is 3.87. The van der Waals surface area contributed by atoms with Gasteiger partial charge in [0.05, 0.1) is 16.8 Å². The molecule has 0 saturated heterocycles. The summed E-state index contributed by atoms with van der Waals surface area (Å²) < 4.78 is 44.4. The lowest BCUT2D eigenvalue weighted by molar-refractivity contribution is 0.505. The van der Waals surface area contributed by atoms with Crippen molar-refractivity contribution in [2.45, 2.75) is 11.3 Å². The molecule has 2 rings (SSSR count). The molecule has 1 aromatic carbocycles. The molecule has 0 radical (unpaired) electrons. The normalized spacial score (nSPS) is 11.6. The van der Waals surface area contributed by atoms with Crippen molar-refractivity contribution in [1.82, 2.24) is 4.72 Å². The molecule has 0 spiro atoms. The second-order valence-electron chi connectivity index (χ2n) is 3.91. The zero-order valence-electron chi connectivity index (χ0n) is 9.97. The van der Waals surface area contributed by atoms with Gasteiger partial charge in [-0.25, -0.2) is 17.5 Å². The Morgan fingerprint density at radius 1 is 1.32 bits per heavy atom. The van der Waals surface area contributed by atoms with E-state index in [2.05, 4.69) is 4.72 Å². The Balaban J connectivity index is 2.03. The van der Waals surface area contributed by atoms with E-state index in [4.69, 9.17) is 10.2 Å². The summed E-state index contributed by atoms with van der Waals surface area (Å²) in [6, 6.07) is 6.84. The van der Waals surface area contributed by atoms with Crippen LogP contribution in [0.2, 0.25) is 0 Å². The van der Waals surface area contributed by atoms with Crippen molar-refractivity contribution in [3.8, 4) is 0 Å². The number of nitrogens with two attached hydrogens (primary N) is 1. The average Bonchev–Trinajstić information content (AvgIpc) is 2.85. The number of nitrogens with one attached hydrogen (secondary N) is 1. The van der Waals surface area contributed by atoms with Crippen LogP contribution in [0.3, 0.4) is 0 Å². The van der Waals surface area contributed by atoms with Crippen molar-refractivity contribution in [2.24, 2.45) is 0 Å². The van der Waals surface area contributed by atoms with E-state index in [1.165, 1.54) is 18.4 Å². The van der Waals surface area contributed by atoms with Gasteiger partial charge in [0.2, 0.25) is 10.0 Å². The van der Waals surface area contributed by atoms with Crippen molar-refractivity contribution >= 4 is 15.7 Å². The highest BCUT2D eigenvalue weighted by Crippen LogP contribution is 2.16. The van der Waals surface area contributed by atoms with E-state index in [0.717, 1.165) is 6.07 Å². The van der Waals surface area contributed by atoms with Crippen LogP contribution >= 0.6 is 0 Å². The van der Waals surface area contributed by atoms with Crippen LogP contribution in [0.25, 0.3) is 0 Å². The van der Waals surface area contributed by atoms with Crippen LogP contribution < -0.4 is 10.5 Å². The van der Waals surface area contributed by atoms with E-state index in [-0.39, 0.29) is 17.1 Å². The number of benzene rings is 1. The lowest BCUT2D eigenvalue weighted by Crippen LogP contribution is -2.26. The Hall–Kier alpha value is -1.86. The van der Waals surface area contributed by atoms with Gasteiger partial charge in [-0.1, -0.05) is 0 Å². The molecular formula is C12H13FN2O3S. The molecule has 19 heavy (non-hydrogen) atoms. The van der Waals surface area contributed by atoms with Crippen molar-refractivity contribution in [3.63, 3.8) is 0 Å². The monoisotopic (exact) mass is 284 g/mol. The minimum atomic E-state index is -3.74. The maximum absolute atomic E-state index is 13.2. The molecule has 0 bridgehead atoms. The van der Waals surface area contributed by atoms with E-state index in [9.17, 15) is 12.8 Å². The van der Waals surface area contributed by atoms with Crippen LogP contribution in [-0.4, -0.2) is 15.0 Å². The second-order valence-corrected chi connectivity index (χ2v) is 5.68. The zero-order chi connectivity index (χ0) is 13.9. The highest BCUT2D eigenvalue weighted by Gasteiger charge is 2.15. The lowest BCUT2D eigenvalue weighted by Gasteiger charge is -2.06. The van der Waals surface area contributed by atoms with Gasteiger partial charge in [0.1, 0.15) is 11.6 Å². The Morgan fingerprint density at radius 2 is 2.11 bits per heavy atom. The largest absolute Gasteiger partial charge is 0.469 e. The van der Waals surface area contributed by atoms with E-state index < -0.39 is 15.8 Å². The molecule has 0 aliphatic heterocycles. The fourth-order valence-corrected chi connectivity index (χ4v) is 2.57. The molecule has 0 unspecified atom stereocenters. The molecule has 3 N–H and O–H groups in total. The fraction of sp³-hybridized carbons (Fsp3) is 0.167. The van der Waals surface area contributed by atoms with Gasteiger partial charge in [0, 0.05) is 13.0 Å². The van der Waals surface area contributed by atoms with Crippen LogP contribution in [-0.2, 0) is 16.4 Å². The quantitative estimate of drug-likeness (QED) is 0.815. The summed E-state index contributed by atoms with van der Waals surface area (Å²) in [6.45, 7) is 0.168. The number of furan rings is 1. The minimum Gasteiger partial charge on any atom is -0.469 e. The van der Waals surface area contributed by atoms with Crippen molar-refractivity contribution in [3.05, 3.63) is 48.2 Å². The Bertz CT molecular complexity index is 654. The van der Waals surface area contributed by atoms with E-state index in [1.54, 1.807) is 12.1 Å². The minimum absolute atomic E-state index is 0.0884. The maximum Gasteiger partial charge on any atom is 0.240 e. The first-order valence-corrected chi connectivity index (χ1v) is 7.04. The van der Waals surface area contributed by atoms with Gasteiger partial charge in [-0.2, -0.15) is 0 Å². The third-order valence-electron chi connectivity index (χ3n) is 2.53. The van der Waals surface area contributed by atoms with Crippen molar-refractivity contribution in [1.29, 1.82) is 0 Å². The number of halogens is 1. The van der Waals surface area contributed by atoms with Gasteiger partial charge in [0.25, 0.3) is 0 Å².